The molecule has 2 aromatic rings. The summed E-state index contributed by atoms with van der Waals surface area (Å²) < 4.78 is 1.31. The SMILES string of the molecule is Clc1n[c]n(-c2nnn[nH]2)c1Cl. The van der Waals surface area contributed by atoms with Crippen molar-refractivity contribution in [2.45, 2.75) is 0 Å². The Labute approximate surface area is 76.5 Å². The molecule has 2 aromatic heterocycles. The summed E-state index contributed by atoms with van der Waals surface area (Å²) in [4.78, 5) is 3.63. The summed E-state index contributed by atoms with van der Waals surface area (Å²) in [5.74, 6) is 0.319. The van der Waals surface area contributed by atoms with Crippen LogP contribution in [0, 0.1) is 6.33 Å². The van der Waals surface area contributed by atoms with Crippen LogP contribution in [0.3, 0.4) is 0 Å². The topological polar surface area (TPSA) is 72.3 Å². The summed E-state index contributed by atoms with van der Waals surface area (Å²) >= 11 is 11.3. The third kappa shape index (κ3) is 1.05. The molecule has 61 valence electrons. The minimum Gasteiger partial charge on any atom is -0.245 e. The van der Waals surface area contributed by atoms with Gasteiger partial charge in [-0.3, -0.25) is 0 Å². The predicted octanol–water partition coefficient (Wildman–Crippen LogP) is 0.492. The Bertz CT molecular complexity index is 378. The highest BCUT2D eigenvalue weighted by Gasteiger charge is 2.10. The number of tetrazole rings is 1. The van der Waals surface area contributed by atoms with E-state index in [4.69, 9.17) is 23.2 Å². The third-order valence-electron chi connectivity index (χ3n) is 1.16. The van der Waals surface area contributed by atoms with Crippen LogP contribution >= 0.6 is 23.2 Å². The molecule has 12 heavy (non-hydrogen) atoms. The van der Waals surface area contributed by atoms with Gasteiger partial charge in [0.05, 0.1) is 0 Å². The minimum absolute atomic E-state index is 0.160. The quantitative estimate of drug-likeness (QED) is 0.733. The molecule has 2 rings (SSSR count). The van der Waals surface area contributed by atoms with Crippen molar-refractivity contribution in [3.63, 3.8) is 0 Å². The molecule has 0 unspecified atom stereocenters. The van der Waals surface area contributed by atoms with E-state index in [1.54, 1.807) is 0 Å². The molecule has 0 saturated heterocycles. The fraction of sp³-hybridized carbons (Fsp3) is 0. The van der Waals surface area contributed by atoms with E-state index in [1.165, 1.54) is 4.57 Å². The van der Waals surface area contributed by atoms with Crippen LogP contribution in [0.4, 0.5) is 0 Å². The first-order valence-electron chi connectivity index (χ1n) is 2.84. The average molecular weight is 204 g/mol. The van der Waals surface area contributed by atoms with Crippen molar-refractivity contribution in [3.05, 3.63) is 16.6 Å². The Morgan fingerprint density at radius 3 is 2.75 bits per heavy atom. The minimum atomic E-state index is 0.160. The molecule has 0 spiro atoms. The van der Waals surface area contributed by atoms with E-state index in [1.807, 2.05) is 0 Å². The van der Waals surface area contributed by atoms with Crippen LogP contribution in [-0.2, 0) is 0 Å². The fourth-order valence-electron chi connectivity index (χ4n) is 0.665. The Morgan fingerprint density at radius 1 is 1.42 bits per heavy atom. The van der Waals surface area contributed by atoms with Crippen molar-refractivity contribution < 1.29 is 0 Å². The van der Waals surface area contributed by atoms with Crippen molar-refractivity contribution in [1.82, 2.24) is 30.2 Å². The highest BCUT2D eigenvalue weighted by Crippen LogP contribution is 2.20. The number of aromatic nitrogens is 6. The third-order valence-corrected chi connectivity index (χ3v) is 1.87. The molecule has 6 nitrogen and oxygen atoms in total. The molecule has 1 N–H and O–H groups in total. The van der Waals surface area contributed by atoms with Crippen molar-refractivity contribution >= 4 is 23.2 Å². The van der Waals surface area contributed by atoms with Gasteiger partial charge in [0, 0.05) is 0 Å². The predicted molar refractivity (Wildman–Crippen MR) is 40.2 cm³/mol. The lowest BCUT2D eigenvalue weighted by atomic mass is 10.8. The van der Waals surface area contributed by atoms with Crippen LogP contribution in [0.1, 0.15) is 0 Å². The number of aromatic amines is 1. The number of nitrogens with one attached hydrogen (secondary N) is 1. The van der Waals surface area contributed by atoms with Gasteiger partial charge in [0.1, 0.15) is 0 Å². The van der Waals surface area contributed by atoms with E-state index in [-0.39, 0.29) is 10.3 Å². The number of nitrogens with zero attached hydrogens (tertiary/aromatic N) is 5. The summed E-state index contributed by atoms with van der Waals surface area (Å²) in [6.07, 6.45) is 2.51. The monoisotopic (exact) mass is 203 g/mol. The number of hydrogen-bond donors (Lipinski definition) is 1. The highest BCUT2D eigenvalue weighted by molar-refractivity contribution is 6.40. The van der Waals surface area contributed by atoms with Crippen molar-refractivity contribution in [2.24, 2.45) is 0 Å². The largest absolute Gasteiger partial charge is 0.254 e. The number of rotatable bonds is 1. The van der Waals surface area contributed by atoms with Gasteiger partial charge < -0.3 is 0 Å². The fourth-order valence-corrected chi connectivity index (χ4v) is 0.948. The average Bonchev–Trinajstić information content (AvgIpc) is 2.64. The van der Waals surface area contributed by atoms with E-state index < -0.39 is 0 Å². The zero-order chi connectivity index (χ0) is 8.55. The number of imidazole rings is 1. The Morgan fingerprint density at radius 2 is 2.25 bits per heavy atom. The Kier molecular flexibility index (Phi) is 1.70. The molecule has 2 heterocycles. The van der Waals surface area contributed by atoms with E-state index in [2.05, 4.69) is 31.9 Å². The summed E-state index contributed by atoms with van der Waals surface area (Å²) in [6.45, 7) is 0. The van der Waals surface area contributed by atoms with Crippen molar-refractivity contribution in [1.29, 1.82) is 0 Å². The molecule has 8 heteroatoms. The molecule has 0 aliphatic heterocycles. The van der Waals surface area contributed by atoms with Crippen LogP contribution in [0.15, 0.2) is 0 Å². The van der Waals surface area contributed by atoms with Crippen LogP contribution in [0.5, 0.6) is 0 Å². The standard InChI is InChI=1S/C4HCl2N6/c5-2-3(6)12(1-7-2)4-8-10-11-9-4/h(H,8,9,10,11). The molecule has 0 fully saturated rings. The molecular formula is C4HCl2N6. The zero-order valence-corrected chi connectivity index (χ0v) is 7.00. The lowest BCUT2D eigenvalue weighted by Gasteiger charge is -1.92. The summed E-state index contributed by atoms with van der Waals surface area (Å²) in [6, 6.07) is 0. The molecule has 0 amide bonds. The van der Waals surface area contributed by atoms with E-state index in [0.717, 1.165) is 0 Å². The second kappa shape index (κ2) is 2.72. The Balaban J connectivity index is 2.55. The van der Waals surface area contributed by atoms with Gasteiger partial charge in [-0.25, -0.2) is 14.6 Å². The molecule has 0 aromatic carbocycles. The van der Waals surface area contributed by atoms with Gasteiger partial charge in [-0.15, -0.1) is 0 Å². The summed E-state index contributed by atoms with van der Waals surface area (Å²) in [7, 11) is 0. The van der Waals surface area contributed by atoms with Crippen molar-refractivity contribution in [3.8, 4) is 5.95 Å². The van der Waals surface area contributed by atoms with E-state index >= 15 is 0 Å². The lowest BCUT2D eigenvalue weighted by Crippen LogP contribution is -1.94. The summed E-state index contributed by atoms with van der Waals surface area (Å²) in [5, 5.41) is 13.2. The maximum Gasteiger partial charge on any atom is 0.254 e. The normalized spacial score (nSPS) is 10.5. The molecule has 0 atom stereocenters. The maximum absolute atomic E-state index is 5.72. The molecule has 0 aliphatic rings. The second-order valence-corrected chi connectivity index (χ2v) is 2.57. The van der Waals surface area contributed by atoms with Gasteiger partial charge in [-0.1, -0.05) is 28.3 Å². The van der Waals surface area contributed by atoms with E-state index in [0.29, 0.717) is 5.95 Å². The molecule has 0 bridgehead atoms. The van der Waals surface area contributed by atoms with Crippen LogP contribution in [0.25, 0.3) is 5.95 Å². The molecule has 1 radical (unpaired) electrons. The van der Waals surface area contributed by atoms with Gasteiger partial charge in [0.15, 0.2) is 16.6 Å². The van der Waals surface area contributed by atoms with Gasteiger partial charge in [0.25, 0.3) is 5.95 Å². The number of hydrogen-bond acceptors (Lipinski definition) is 4. The van der Waals surface area contributed by atoms with Gasteiger partial charge >= 0.3 is 0 Å². The Hall–Kier alpha value is -1.14. The molecular weight excluding hydrogens is 203 g/mol. The first kappa shape index (κ1) is 7.51. The van der Waals surface area contributed by atoms with Gasteiger partial charge in [-0.2, -0.15) is 0 Å². The lowest BCUT2D eigenvalue weighted by molar-refractivity contribution is 0.881. The van der Waals surface area contributed by atoms with Crippen LogP contribution < -0.4 is 0 Å². The molecule has 0 saturated carbocycles. The van der Waals surface area contributed by atoms with Gasteiger partial charge in [0.2, 0.25) is 0 Å². The van der Waals surface area contributed by atoms with Crippen LogP contribution in [-0.4, -0.2) is 30.2 Å². The highest BCUT2D eigenvalue weighted by atomic mass is 35.5. The second-order valence-electron chi connectivity index (χ2n) is 1.85. The smallest absolute Gasteiger partial charge is 0.245 e. The first-order valence-corrected chi connectivity index (χ1v) is 3.60. The first-order chi connectivity index (χ1) is 5.79. The number of halogens is 2. The molecule has 0 aliphatic carbocycles. The van der Waals surface area contributed by atoms with Gasteiger partial charge in [-0.05, 0) is 10.4 Å². The van der Waals surface area contributed by atoms with E-state index in [9.17, 15) is 0 Å². The van der Waals surface area contributed by atoms with Crippen molar-refractivity contribution in [2.75, 3.05) is 0 Å². The number of H-pyrrole nitrogens is 1. The van der Waals surface area contributed by atoms with Crippen LogP contribution in [0.2, 0.25) is 10.3 Å². The maximum atomic E-state index is 5.72. The summed E-state index contributed by atoms with van der Waals surface area (Å²) in [5.41, 5.74) is 0. The zero-order valence-electron chi connectivity index (χ0n) is 5.49.